The van der Waals surface area contributed by atoms with E-state index >= 15 is 0 Å². The molecular formula is C28H30N4O3. The van der Waals surface area contributed by atoms with E-state index in [2.05, 4.69) is 23.3 Å². The molecule has 35 heavy (non-hydrogen) atoms. The normalized spacial score (nSPS) is 24.0. The summed E-state index contributed by atoms with van der Waals surface area (Å²) in [6.45, 7) is 4.86. The summed E-state index contributed by atoms with van der Waals surface area (Å²) in [5.41, 5.74) is 3.93. The maximum absolute atomic E-state index is 13.0. The summed E-state index contributed by atoms with van der Waals surface area (Å²) < 4.78 is 6.44. The maximum Gasteiger partial charge on any atom is 0.255 e. The first-order valence-corrected chi connectivity index (χ1v) is 12.3. The van der Waals surface area contributed by atoms with Gasteiger partial charge in [0.1, 0.15) is 17.9 Å². The molecular weight excluding hydrogens is 440 g/mol. The van der Waals surface area contributed by atoms with Crippen molar-refractivity contribution in [1.29, 1.82) is 5.26 Å². The van der Waals surface area contributed by atoms with Crippen molar-refractivity contribution in [3.8, 4) is 11.8 Å². The molecule has 2 aromatic carbocycles. The highest BCUT2D eigenvalue weighted by molar-refractivity contribution is 6.01. The van der Waals surface area contributed by atoms with E-state index in [1.165, 1.54) is 0 Å². The highest BCUT2D eigenvalue weighted by Gasteiger charge is 2.38. The Kier molecular flexibility index (Phi) is 6.56. The van der Waals surface area contributed by atoms with Gasteiger partial charge in [-0.15, -0.1) is 0 Å². The van der Waals surface area contributed by atoms with Gasteiger partial charge < -0.3 is 20.3 Å². The Hall–Kier alpha value is -3.63. The zero-order valence-electron chi connectivity index (χ0n) is 19.8. The molecule has 2 fully saturated rings. The zero-order valence-corrected chi connectivity index (χ0v) is 19.8. The number of carbonyl (C=O) groups is 2. The molecule has 1 saturated carbocycles. The molecule has 2 N–H and O–H groups in total. The molecule has 3 atom stereocenters. The summed E-state index contributed by atoms with van der Waals surface area (Å²) in [5, 5.41) is 15.8. The molecule has 0 radical (unpaired) electrons. The van der Waals surface area contributed by atoms with Crippen LogP contribution in [0.4, 0.5) is 0 Å². The van der Waals surface area contributed by atoms with Crippen molar-refractivity contribution in [2.24, 2.45) is 0 Å². The maximum atomic E-state index is 13.0. The number of nitrogens with zero attached hydrogens (tertiary/aromatic N) is 2. The number of fused-ring (bicyclic) bond motifs is 1. The summed E-state index contributed by atoms with van der Waals surface area (Å²) in [4.78, 5) is 27.1. The van der Waals surface area contributed by atoms with Crippen LogP contribution in [0.5, 0.6) is 5.75 Å². The number of nitriles is 1. The molecule has 0 bridgehead atoms. The van der Waals surface area contributed by atoms with Crippen molar-refractivity contribution in [3.63, 3.8) is 0 Å². The number of benzene rings is 2. The second-order valence-electron chi connectivity index (χ2n) is 9.60. The smallest absolute Gasteiger partial charge is 0.255 e. The van der Waals surface area contributed by atoms with Gasteiger partial charge in [0.2, 0.25) is 5.91 Å². The van der Waals surface area contributed by atoms with E-state index in [9.17, 15) is 14.9 Å². The van der Waals surface area contributed by atoms with Crippen LogP contribution in [0.15, 0.2) is 54.7 Å². The first-order chi connectivity index (χ1) is 17.0. The van der Waals surface area contributed by atoms with Crippen LogP contribution in [-0.2, 0) is 17.9 Å². The van der Waals surface area contributed by atoms with E-state index in [1.807, 2.05) is 42.5 Å². The van der Waals surface area contributed by atoms with Gasteiger partial charge >= 0.3 is 0 Å². The van der Waals surface area contributed by atoms with Crippen molar-refractivity contribution < 1.29 is 14.3 Å². The van der Waals surface area contributed by atoms with E-state index in [1.54, 1.807) is 4.90 Å². The Bertz CT molecular complexity index is 1200. The molecule has 0 aromatic heterocycles. The third-order valence-electron chi connectivity index (χ3n) is 7.29. The first-order valence-electron chi connectivity index (χ1n) is 12.3. The molecule has 7 nitrogen and oxygen atoms in total. The van der Waals surface area contributed by atoms with E-state index < -0.39 is 6.04 Å². The van der Waals surface area contributed by atoms with Gasteiger partial charge in [0.05, 0.1) is 11.6 Å². The van der Waals surface area contributed by atoms with Gasteiger partial charge in [-0.25, -0.2) is 0 Å². The van der Waals surface area contributed by atoms with Gasteiger partial charge in [-0.1, -0.05) is 31.2 Å². The van der Waals surface area contributed by atoms with Crippen LogP contribution in [0.1, 0.15) is 65.6 Å². The third kappa shape index (κ3) is 4.80. The summed E-state index contributed by atoms with van der Waals surface area (Å²) in [6, 6.07) is 15.3. The highest BCUT2D eigenvalue weighted by Crippen LogP contribution is 2.32. The lowest BCUT2D eigenvalue weighted by Gasteiger charge is -2.33. The Morgan fingerprint density at radius 2 is 1.97 bits per heavy atom. The lowest BCUT2D eigenvalue weighted by atomic mass is 9.92. The fraction of sp³-hybridized carbons (Fsp3) is 0.393. The van der Waals surface area contributed by atoms with Crippen LogP contribution >= 0.6 is 0 Å². The third-order valence-corrected chi connectivity index (χ3v) is 7.29. The van der Waals surface area contributed by atoms with E-state index in [0.29, 0.717) is 42.8 Å². The highest BCUT2D eigenvalue weighted by atomic mass is 16.5. The molecule has 1 saturated heterocycles. The number of amides is 2. The largest absolute Gasteiger partial charge is 0.489 e. The first kappa shape index (κ1) is 23.1. The van der Waals surface area contributed by atoms with Crippen LogP contribution in [0.2, 0.25) is 0 Å². The molecule has 2 aromatic rings. The number of hydrogen-bond acceptors (Lipinski definition) is 5. The number of rotatable bonds is 6. The Morgan fingerprint density at radius 1 is 1.14 bits per heavy atom. The van der Waals surface area contributed by atoms with Gasteiger partial charge in [0.15, 0.2) is 0 Å². The predicted octanol–water partition coefficient (Wildman–Crippen LogP) is 3.79. The van der Waals surface area contributed by atoms with Crippen LogP contribution in [0, 0.1) is 11.3 Å². The topological polar surface area (TPSA) is 94.5 Å². The quantitative estimate of drug-likeness (QED) is 0.670. The number of carbonyl (C=O) groups excluding carboxylic acids is 2. The van der Waals surface area contributed by atoms with Crippen LogP contribution in [-0.4, -0.2) is 34.9 Å². The molecule has 1 aliphatic carbocycles. The molecule has 7 heteroatoms. The number of allylic oxidation sites excluding steroid dienone is 1. The van der Waals surface area contributed by atoms with Gasteiger partial charge in [0.25, 0.3) is 5.91 Å². The molecule has 3 aliphatic rings. The minimum absolute atomic E-state index is 0.0133. The standard InChI is InChI=1S/C28H30N4O3/c1-18-10-13-25(27(33)31-18)32-17-21-14-22(11-12-23(21)28(32)34)35-26-9-5-4-8-24(26)30-16-20-7-3-2-6-19(20)15-29/h2-3,6-7,11-12,14,24-26,30H,1,4-5,8-10,13,16-17H2,(H,31,33)/t24-,25?,26+/m0/s1. The Balaban J connectivity index is 1.26. The van der Waals surface area contributed by atoms with Gasteiger partial charge in [-0.2, -0.15) is 5.26 Å². The molecule has 180 valence electrons. The fourth-order valence-electron chi connectivity index (χ4n) is 5.37. The number of piperidine rings is 1. The lowest BCUT2D eigenvalue weighted by molar-refractivity contribution is -0.126. The van der Waals surface area contributed by atoms with Crippen molar-refractivity contribution in [1.82, 2.24) is 15.5 Å². The summed E-state index contributed by atoms with van der Waals surface area (Å²) in [6.07, 6.45) is 5.50. The average molecular weight is 471 g/mol. The number of hydrogen-bond donors (Lipinski definition) is 2. The van der Waals surface area contributed by atoms with E-state index in [4.69, 9.17) is 4.74 Å². The molecule has 5 rings (SSSR count). The second kappa shape index (κ2) is 9.93. The summed E-state index contributed by atoms with van der Waals surface area (Å²) in [5.74, 6) is 0.483. The van der Waals surface area contributed by atoms with Crippen molar-refractivity contribution in [2.45, 2.75) is 69.8 Å². The van der Waals surface area contributed by atoms with Crippen LogP contribution in [0.25, 0.3) is 0 Å². The monoisotopic (exact) mass is 470 g/mol. The van der Waals surface area contributed by atoms with Crippen molar-refractivity contribution in [2.75, 3.05) is 0 Å². The molecule has 2 amide bonds. The lowest BCUT2D eigenvalue weighted by Crippen LogP contribution is -2.49. The predicted molar refractivity (Wildman–Crippen MR) is 131 cm³/mol. The number of nitrogens with one attached hydrogen (secondary N) is 2. The zero-order chi connectivity index (χ0) is 24.4. The van der Waals surface area contributed by atoms with Crippen LogP contribution < -0.4 is 15.4 Å². The van der Waals surface area contributed by atoms with Gasteiger partial charge in [-0.3, -0.25) is 9.59 Å². The van der Waals surface area contributed by atoms with E-state index in [-0.39, 0.29) is 24.0 Å². The van der Waals surface area contributed by atoms with Crippen molar-refractivity contribution >= 4 is 11.8 Å². The van der Waals surface area contributed by atoms with Gasteiger partial charge in [-0.05, 0) is 67.5 Å². The van der Waals surface area contributed by atoms with Gasteiger partial charge in [0, 0.05) is 30.4 Å². The molecule has 0 spiro atoms. The van der Waals surface area contributed by atoms with Crippen molar-refractivity contribution in [3.05, 3.63) is 77.0 Å². The Morgan fingerprint density at radius 3 is 2.80 bits per heavy atom. The Labute approximate surface area is 205 Å². The number of ether oxygens (including phenoxy) is 1. The van der Waals surface area contributed by atoms with E-state index in [0.717, 1.165) is 42.6 Å². The molecule has 1 unspecified atom stereocenters. The minimum Gasteiger partial charge on any atom is -0.489 e. The molecule has 2 heterocycles. The minimum atomic E-state index is -0.465. The summed E-state index contributed by atoms with van der Waals surface area (Å²) in [7, 11) is 0. The second-order valence-corrected chi connectivity index (χ2v) is 9.60. The summed E-state index contributed by atoms with van der Waals surface area (Å²) >= 11 is 0. The molecule has 2 aliphatic heterocycles. The van der Waals surface area contributed by atoms with Crippen LogP contribution in [0.3, 0.4) is 0 Å². The average Bonchev–Trinajstić information content (AvgIpc) is 3.19. The fourth-order valence-corrected chi connectivity index (χ4v) is 5.37. The SMILES string of the molecule is C=C1CCC(N2Cc3cc(O[C@@H]4CCCC[C@@H]4NCc4ccccc4C#N)ccc3C2=O)C(=O)N1.